The molecule has 7 heteroatoms. The molecule has 0 aliphatic carbocycles. The van der Waals surface area contributed by atoms with E-state index < -0.39 is 6.10 Å². The van der Waals surface area contributed by atoms with Crippen molar-refractivity contribution in [2.75, 3.05) is 6.61 Å². The molecule has 164 valence electrons. The lowest BCUT2D eigenvalue weighted by Crippen LogP contribution is -2.32. The Kier molecular flexibility index (Phi) is 6.51. The maximum atomic E-state index is 13.1. The first kappa shape index (κ1) is 22.3. The summed E-state index contributed by atoms with van der Waals surface area (Å²) in [5.41, 5.74) is 3.52. The fourth-order valence-corrected chi connectivity index (χ4v) is 4.11. The lowest BCUT2D eigenvalue weighted by molar-refractivity contribution is 0.0883. The van der Waals surface area contributed by atoms with Crippen molar-refractivity contribution in [2.24, 2.45) is 0 Å². The fraction of sp³-hybridized carbons (Fsp3) is 0.200. The van der Waals surface area contributed by atoms with Gasteiger partial charge in [-0.25, -0.2) is 4.68 Å². The van der Waals surface area contributed by atoms with E-state index in [1.807, 2.05) is 44.2 Å². The minimum atomic E-state index is -1.000. The Morgan fingerprint density at radius 1 is 1.00 bits per heavy atom. The molecule has 0 saturated carbocycles. The molecule has 0 spiro atoms. The standard InChI is InChI=1S/C25H22Cl2N2O3/c1-15-10-11-16(2)20(12-15)23-18-6-3-4-7-19(18)25(31)29(28-23)13-17(30)14-32-24-21(26)8-5-9-22(24)27/h3-12,17,30H,13-14H2,1-2H3. The van der Waals surface area contributed by atoms with Gasteiger partial charge in [-0.05, 0) is 43.7 Å². The van der Waals surface area contributed by atoms with Crippen LogP contribution < -0.4 is 10.3 Å². The van der Waals surface area contributed by atoms with Gasteiger partial charge in [-0.3, -0.25) is 4.79 Å². The first-order chi connectivity index (χ1) is 15.3. The highest BCUT2D eigenvalue weighted by molar-refractivity contribution is 6.37. The van der Waals surface area contributed by atoms with Gasteiger partial charge in [0.15, 0.2) is 5.75 Å². The van der Waals surface area contributed by atoms with Crippen LogP contribution in [0.3, 0.4) is 0 Å². The van der Waals surface area contributed by atoms with Crippen LogP contribution in [0.4, 0.5) is 0 Å². The van der Waals surface area contributed by atoms with Crippen molar-refractivity contribution < 1.29 is 9.84 Å². The van der Waals surface area contributed by atoms with Gasteiger partial charge in [0.05, 0.1) is 27.7 Å². The molecule has 0 radical (unpaired) electrons. The van der Waals surface area contributed by atoms with Gasteiger partial charge in [0.2, 0.25) is 0 Å². The van der Waals surface area contributed by atoms with Crippen LogP contribution in [0.25, 0.3) is 22.0 Å². The minimum Gasteiger partial charge on any atom is -0.488 e. The first-order valence-corrected chi connectivity index (χ1v) is 10.9. The molecule has 0 saturated heterocycles. The van der Waals surface area contributed by atoms with E-state index >= 15 is 0 Å². The normalized spacial score (nSPS) is 12.2. The van der Waals surface area contributed by atoms with Crippen LogP contribution in [0, 0.1) is 13.8 Å². The molecule has 1 N–H and O–H groups in total. The monoisotopic (exact) mass is 468 g/mol. The third-order valence-electron chi connectivity index (χ3n) is 5.24. The summed E-state index contributed by atoms with van der Waals surface area (Å²) in [6.07, 6.45) is -1.000. The number of benzene rings is 3. The predicted octanol–water partition coefficient (Wildman–Crippen LogP) is 5.43. The van der Waals surface area contributed by atoms with Gasteiger partial charge < -0.3 is 9.84 Å². The van der Waals surface area contributed by atoms with Crippen LogP contribution in [0.1, 0.15) is 11.1 Å². The quantitative estimate of drug-likeness (QED) is 0.409. The number of hydrogen-bond donors (Lipinski definition) is 1. The lowest BCUT2D eigenvalue weighted by atomic mass is 9.99. The van der Waals surface area contributed by atoms with Crippen LogP contribution in [0.15, 0.2) is 65.5 Å². The van der Waals surface area contributed by atoms with Gasteiger partial charge in [0.25, 0.3) is 5.56 Å². The summed E-state index contributed by atoms with van der Waals surface area (Å²) in [6, 6.07) is 18.5. The summed E-state index contributed by atoms with van der Waals surface area (Å²) in [4.78, 5) is 13.1. The van der Waals surface area contributed by atoms with Gasteiger partial charge in [0, 0.05) is 10.9 Å². The van der Waals surface area contributed by atoms with E-state index in [4.69, 9.17) is 27.9 Å². The SMILES string of the molecule is Cc1ccc(C)c(-c2nn(CC(O)COc3c(Cl)cccc3Cl)c(=O)c3ccccc23)c1. The zero-order chi connectivity index (χ0) is 22.8. The number of aryl methyl sites for hydroxylation is 2. The number of halogens is 2. The van der Waals surface area contributed by atoms with E-state index in [2.05, 4.69) is 11.2 Å². The average molecular weight is 469 g/mol. The molecular formula is C25H22Cl2N2O3. The summed E-state index contributed by atoms with van der Waals surface area (Å²) in [5, 5.41) is 17.2. The van der Waals surface area contributed by atoms with E-state index in [9.17, 15) is 9.90 Å². The Hall–Kier alpha value is -2.86. The Bertz CT molecular complexity index is 1330. The number of ether oxygens (including phenoxy) is 1. The van der Waals surface area contributed by atoms with Crippen molar-refractivity contribution in [1.82, 2.24) is 9.78 Å². The molecule has 4 aromatic rings. The van der Waals surface area contributed by atoms with Crippen molar-refractivity contribution in [3.63, 3.8) is 0 Å². The summed E-state index contributed by atoms with van der Waals surface area (Å²) >= 11 is 12.2. The summed E-state index contributed by atoms with van der Waals surface area (Å²) in [5.74, 6) is 0.296. The minimum absolute atomic E-state index is 0.0381. The van der Waals surface area contributed by atoms with Crippen molar-refractivity contribution in [3.8, 4) is 17.0 Å². The third-order valence-corrected chi connectivity index (χ3v) is 5.83. The van der Waals surface area contributed by atoms with Gasteiger partial charge >= 0.3 is 0 Å². The number of hydrogen-bond acceptors (Lipinski definition) is 4. The Balaban J connectivity index is 1.69. The van der Waals surface area contributed by atoms with Gasteiger partial charge in [0.1, 0.15) is 12.7 Å². The number of nitrogens with zero attached hydrogens (tertiary/aromatic N) is 2. The van der Waals surface area contributed by atoms with Gasteiger partial charge in [-0.1, -0.05) is 65.2 Å². The van der Waals surface area contributed by atoms with Crippen LogP contribution in [0.5, 0.6) is 5.75 Å². The zero-order valence-electron chi connectivity index (χ0n) is 17.7. The highest BCUT2D eigenvalue weighted by Crippen LogP contribution is 2.32. The second-order valence-electron chi connectivity index (χ2n) is 7.72. The van der Waals surface area contributed by atoms with E-state index in [0.717, 1.165) is 22.1 Å². The summed E-state index contributed by atoms with van der Waals surface area (Å²) in [6.45, 7) is 3.89. The first-order valence-electron chi connectivity index (χ1n) is 10.2. The second kappa shape index (κ2) is 9.33. The smallest absolute Gasteiger partial charge is 0.274 e. The maximum Gasteiger partial charge on any atom is 0.274 e. The molecule has 0 fully saturated rings. The topological polar surface area (TPSA) is 64.3 Å². The van der Waals surface area contributed by atoms with Crippen LogP contribution in [-0.2, 0) is 6.54 Å². The molecule has 1 aromatic heterocycles. The highest BCUT2D eigenvalue weighted by Gasteiger charge is 2.17. The maximum absolute atomic E-state index is 13.1. The fourth-order valence-electron chi connectivity index (χ4n) is 3.60. The predicted molar refractivity (Wildman–Crippen MR) is 129 cm³/mol. The molecule has 0 aliphatic rings. The molecule has 3 aromatic carbocycles. The Morgan fingerprint density at radius 2 is 1.69 bits per heavy atom. The molecule has 32 heavy (non-hydrogen) atoms. The Labute approximate surface area is 195 Å². The summed E-state index contributed by atoms with van der Waals surface area (Å²) < 4.78 is 6.91. The van der Waals surface area contributed by atoms with Crippen molar-refractivity contribution in [3.05, 3.63) is 92.2 Å². The van der Waals surface area contributed by atoms with E-state index in [1.54, 1.807) is 24.3 Å². The zero-order valence-corrected chi connectivity index (χ0v) is 19.2. The highest BCUT2D eigenvalue weighted by atomic mass is 35.5. The number of fused-ring (bicyclic) bond motifs is 1. The van der Waals surface area contributed by atoms with Crippen LogP contribution in [-0.4, -0.2) is 27.6 Å². The van der Waals surface area contributed by atoms with E-state index in [0.29, 0.717) is 26.9 Å². The van der Waals surface area contributed by atoms with Gasteiger partial charge in [-0.2, -0.15) is 5.10 Å². The van der Waals surface area contributed by atoms with Crippen molar-refractivity contribution in [2.45, 2.75) is 26.5 Å². The van der Waals surface area contributed by atoms with E-state index in [1.165, 1.54) is 4.68 Å². The number of aliphatic hydroxyl groups is 1. The van der Waals surface area contributed by atoms with Crippen LogP contribution in [0.2, 0.25) is 10.0 Å². The lowest BCUT2D eigenvalue weighted by Gasteiger charge is -2.17. The molecule has 4 rings (SSSR count). The largest absolute Gasteiger partial charge is 0.488 e. The molecule has 1 heterocycles. The third kappa shape index (κ3) is 4.51. The summed E-state index contributed by atoms with van der Waals surface area (Å²) in [7, 11) is 0. The number of aromatic nitrogens is 2. The van der Waals surface area contributed by atoms with Crippen molar-refractivity contribution >= 4 is 34.0 Å². The average Bonchev–Trinajstić information content (AvgIpc) is 2.77. The van der Waals surface area contributed by atoms with Crippen LogP contribution >= 0.6 is 23.2 Å². The number of rotatable bonds is 6. The molecular weight excluding hydrogens is 447 g/mol. The molecule has 5 nitrogen and oxygen atoms in total. The number of aliphatic hydroxyl groups excluding tert-OH is 1. The van der Waals surface area contributed by atoms with Gasteiger partial charge in [-0.15, -0.1) is 0 Å². The van der Waals surface area contributed by atoms with E-state index in [-0.39, 0.29) is 18.7 Å². The number of para-hydroxylation sites is 1. The molecule has 0 bridgehead atoms. The molecule has 1 unspecified atom stereocenters. The molecule has 1 atom stereocenters. The molecule has 0 amide bonds. The Morgan fingerprint density at radius 3 is 2.41 bits per heavy atom. The molecule has 0 aliphatic heterocycles. The second-order valence-corrected chi connectivity index (χ2v) is 8.53. The van der Waals surface area contributed by atoms with Crippen molar-refractivity contribution in [1.29, 1.82) is 0 Å².